The molecule has 3 nitrogen and oxygen atoms in total. The molecule has 4 unspecified atom stereocenters. The molecule has 0 radical (unpaired) electrons. The van der Waals surface area contributed by atoms with Crippen molar-refractivity contribution in [2.24, 2.45) is 23.3 Å². The maximum atomic E-state index is 6.07. The Bertz CT molecular complexity index is 414. The van der Waals surface area contributed by atoms with Gasteiger partial charge in [0, 0.05) is 30.1 Å². The standard InChI is InChI=1S/C14H19N3/c1-3-6-10-11-7-5-8-12(16)14(11)17(4-2)13(10)9-15/h2-3,5-8,10-11,13-14H,9,15-16H2,1H3/b6-3-. The predicted molar refractivity (Wildman–Crippen MR) is 70.5 cm³/mol. The highest BCUT2D eigenvalue weighted by molar-refractivity contribution is 5.32. The van der Waals surface area contributed by atoms with Crippen LogP contribution >= 0.6 is 0 Å². The molecule has 1 saturated heterocycles. The van der Waals surface area contributed by atoms with Crippen LogP contribution < -0.4 is 11.5 Å². The third-order valence-corrected chi connectivity index (χ3v) is 3.68. The molecule has 17 heavy (non-hydrogen) atoms. The van der Waals surface area contributed by atoms with Crippen LogP contribution in [-0.4, -0.2) is 23.5 Å². The number of likely N-dealkylation sites (tertiary alicyclic amines) is 1. The van der Waals surface area contributed by atoms with E-state index >= 15 is 0 Å². The van der Waals surface area contributed by atoms with Crippen molar-refractivity contribution < 1.29 is 0 Å². The number of nitrogens with two attached hydrogens (primary N) is 2. The Morgan fingerprint density at radius 1 is 1.59 bits per heavy atom. The molecule has 90 valence electrons. The molecule has 2 rings (SSSR count). The van der Waals surface area contributed by atoms with Crippen LogP contribution in [0.1, 0.15) is 6.92 Å². The van der Waals surface area contributed by atoms with E-state index in [1.54, 1.807) is 0 Å². The van der Waals surface area contributed by atoms with Crippen LogP contribution in [0.15, 0.2) is 36.1 Å². The molecule has 0 aromatic carbocycles. The number of hydrogen-bond acceptors (Lipinski definition) is 3. The van der Waals surface area contributed by atoms with E-state index in [0.29, 0.717) is 18.4 Å². The molecule has 4 atom stereocenters. The fourth-order valence-electron chi connectivity index (χ4n) is 2.98. The molecule has 0 saturated carbocycles. The second kappa shape index (κ2) is 4.68. The zero-order valence-corrected chi connectivity index (χ0v) is 10.1. The summed E-state index contributed by atoms with van der Waals surface area (Å²) in [5, 5.41) is 0. The molecule has 2 aliphatic rings. The minimum atomic E-state index is 0.0970. The van der Waals surface area contributed by atoms with Crippen molar-refractivity contribution in [2.45, 2.75) is 19.0 Å². The van der Waals surface area contributed by atoms with E-state index < -0.39 is 0 Å². The highest BCUT2D eigenvalue weighted by atomic mass is 15.2. The lowest BCUT2D eigenvalue weighted by molar-refractivity contribution is 0.307. The average Bonchev–Trinajstić information content (AvgIpc) is 2.64. The maximum Gasteiger partial charge on any atom is 0.0837 e. The van der Waals surface area contributed by atoms with Gasteiger partial charge in [-0.25, -0.2) is 0 Å². The summed E-state index contributed by atoms with van der Waals surface area (Å²) in [6, 6.07) is 3.01. The number of fused-ring (bicyclic) bond motifs is 1. The molecule has 1 heterocycles. The number of rotatable bonds is 2. The van der Waals surface area contributed by atoms with Gasteiger partial charge in [0.05, 0.1) is 12.1 Å². The molecule has 0 amide bonds. The van der Waals surface area contributed by atoms with Crippen molar-refractivity contribution >= 4 is 0 Å². The molecular formula is C14H19N3. The summed E-state index contributed by atoms with van der Waals surface area (Å²) in [6.45, 7) is 2.57. The first-order valence-electron chi connectivity index (χ1n) is 5.96. The first kappa shape index (κ1) is 11.8. The van der Waals surface area contributed by atoms with Gasteiger partial charge in [-0.15, -0.1) is 0 Å². The topological polar surface area (TPSA) is 55.3 Å². The molecule has 0 aromatic rings. The lowest BCUT2D eigenvalue weighted by atomic mass is 9.83. The molecule has 3 heteroatoms. The molecule has 0 spiro atoms. The summed E-state index contributed by atoms with van der Waals surface area (Å²) < 4.78 is 0. The molecule has 0 aromatic heterocycles. The van der Waals surface area contributed by atoms with E-state index in [1.165, 1.54) is 0 Å². The molecule has 0 bridgehead atoms. The van der Waals surface area contributed by atoms with E-state index in [2.05, 4.69) is 24.3 Å². The van der Waals surface area contributed by atoms with Crippen molar-refractivity contribution in [1.82, 2.24) is 4.90 Å². The highest BCUT2D eigenvalue weighted by Gasteiger charge is 2.46. The van der Waals surface area contributed by atoms with Crippen molar-refractivity contribution in [3.05, 3.63) is 36.1 Å². The van der Waals surface area contributed by atoms with E-state index in [4.69, 9.17) is 17.9 Å². The van der Waals surface area contributed by atoms with Gasteiger partial charge >= 0.3 is 0 Å². The van der Waals surface area contributed by atoms with Gasteiger partial charge in [-0.1, -0.05) is 30.7 Å². The van der Waals surface area contributed by atoms with Gasteiger partial charge in [-0.3, -0.25) is 0 Å². The first-order chi connectivity index (χ1) is 8.24. The fraction of sp³-hybridized carbons (Fsp3) is 0.429. The van der Waals surface area contributed by atoms with Gasteiger partial charge < -0.3 is 16.4 Å². The number of terminal acetylenes is 1. The molecule has 4 N–H and O–H groups in total. The summed E-state index contributed by atoms with van der Waals surface area (Å²) in [7, 11) is 0. The quantitative estimate of drug-likeness (QED) is 0.544. The minimum absolute atomic E-state index is 0.0970. The van der Waals surface area contributed by atoms with Crippen molar-refractivity contribution in [3.8, 4) is 12.5 Å². The lowest BCUT2D eigenvalue weighted by Crippen LogP contribution is -2.41. The van der Waals surface area contributed by atoms with Crippen molar-refractivity contribution in [2.75, 3.05) is 6.54 Å². The van der Waals surface area contributed by atoms with Gasteiger partial charge in [0.2, 0.25) is 0 Å². The lowest BCUT2D eigenvalue weighted by Gasteiger charge is -2.28. The minimum Gasteiger partial charge on any atom is -0.400 e. The van der Waals surface area contributed by atoms with Crippen molar-refractivity contribution in [1.29, 1.82) is 0 Å². The van der Waals surface area contributed by atoms with Gasteiger partial charge in [-0.2, -0.15) is 0 Å². The predicted octanol–water partition coefficient (Wildman–Crippen LogP) is 0.810. The smallest absolute Gasteiger partial charge is 0.0837 e. The molecular weight excluding hydrogens is 210 g/mol. The summed E-state index contributed by atoms with van der Waals surface area (Å²) in [6.07, 6.45) is 16.0. The second-order valence-corrected chi connectivity index (χ2v) is 4.52. The van der Waals surface area contributed by atoms with Gasteiger partial charge in [0.25, 0.3) is 0 Å². The zero-order chi connectivity index (χ0) is 12.4. The Kier molecular flexibility index (Phi) is 3.26. The average molecular weight is 229 g/mol. The zero-order valence-electron chi connectivity index (χ0n) is 10.1. The van der Waals surface area contributed by atoms with Crippen LogP contribution in [0, 0.1) is 24.3 Å². The Morgan fingerprint density at radius 2 is 2.35 bits per heavy atom. The van der Waals surface area contributed by atoms with Crippen LogP contribution in [0.3, 0.4) is 0 Å². The number of nitrogens with zero attached hydrogens (tertiary/aromatic N) is 1. The summed E-state index contributed by atoms with van der Waals surface area (Å²) in [4.78, 5) is 1.98. The molecule has 1 fully saturated rings. The Labute approximate surface area is 103 Å². The number of hydrogen-bond donors (Lipinski definition) is 2. The third-order valence-electron chi connectivity index (χ3n) is 3.68. The van der Waals surface area contributed by atoms with E-state index in [1.807, 2.05) is 24.0 Å². The molecule has 1 aliphatic carbocycles. The van der Waals surface area contributed by atoms with E-state index in [-0.39, 0.29) is 12.1 Å². The fourth-order valence-corrected chi connectivity index (χ4v) is 2.98. The monoisotopic (exact) mass is 229 g/mol. The summed E-state index contributed by atoms with van der Waals surface area (Å²) >= 11 is 0. The SMILES string of the molecule is C#CN1C(CN)C(/C=C\C)C2C=CC=C(N)C21. The van der Waals surface area contributed by atoms with Gasteiger partial charge in [0.15, 0.2) is 0 Å². The van der Waals surface area contributed by atoms with Crippen LogP contribution in [0.2, 0.25) is 0 Å². The maximum absolute atomic E-state index is 6.07. The summed E-state index contributed by atoms with van der Waals surface area (Å²) in [5.41, 5.74) is 12.8. The number of allylic oxidation sites excluding steroid dienone is 3. The van der Waals surface area contributed by atoms with Crippen molar-refractivity contribution in [3.63, 3.8) is 0 Å². The largest absolute Gasteiger partial charge is 0.400 e. The Balaban J connectivity index is 2.41. The molecule has 1 aliphatic heterocycles. The second-order valence-electron chi connectivity index (χ2n) is 4.52. The van der Waals surface area contributed by atoms with Crippen LogP contribution in [0.5, 0.6) is 0 Å². The normalized spacial score (nSPS) is 35.8. The van der Waals surface area contributed by atoms with Gasteiger partial charge in [0.1, 0.15) is 0 Å². The Morgan fingerprint density at radius 3 is 2.94 bits per heavy atom. The summed E-state index contributed by atoms with van der Waals surface area (Å²) in [5.74, 6) is 0.676. The first-order valence-corrected chi connectivity index (χ1v) is 5.96. The van der Waals surface area contributed by atoms with E-state index in [0.717, 1.165) is 5.70 Å². The third kappa shape index (κ3) is 1.75. The van der Waals surface area contributed by atoms with Crippen LogP contribution in [-0.2, 0) is 0 Å². The van der Waals surface area contributed by atoms with Crippen LogP contribution in [0.25, 0.3) is 0 Å². The Hall–Kier alpha value is -1.66. The van der Waals surface area contributed by atoms with Crippen LogP contribution in [0.4, 0.5) is 0 Å². The van der Waals surface area contributed by atoms with E-state index in [9.17, 15) is 0 Å². The van der Waals surface area contributed by atoms with Gasteiger partial charge in [-0.05, 0) is 13.0 Å². The highest BCUT2D eigenvalue weighted by Crippen LogP contribution is 2.40.